The lowest BCUT2D eigenvalue weighted by Crippen LogP contribution is -2.30. The molecule has 1 amide bonds. The molecule has 1 aliphatic rings. The van der Waals surface area contributed by atoms with E-state index in [2.05, 4.69) is 10.6 Å². The van der Waals surface area contributed by atoms with Gasteiger partial charge in [-0.2, -0.15) is 13.2 Å². The van der Waals surface area contributed by atoms with E-state index in [0.29, 0.717) is 24.6 Å². The SMILES string of the molecule is Cl.O=C(CCC1CCNCC1)NCCOc1ccc(C(F)(F)F)cc1. The molecule has 0 spiro atoms. The van der Waals surface area contributed by atoms with E-state index < -0.39 is 11.7 Å². The van der Waals surface area contributed by atoms with Crippen LogP contribution in [0.2, 0.25) is 0 Å². The van der Waals surface area contributed by atoms with Crippen LogP contribution >= 0.6 is 12.4 Å². The van der Waals surface area contributed by atoms with Crippen LogP contribution < -0.4 is 15.4 Å². The number of hydrogen-bond donors (Lipinski definition) is 2. The molecule has 8 heteroatoms. The molecule has 1 fully saturated rings. The average Bonchev–Trinajstić information content (AvgIpc) is 2.57. The molecule has 0 radical (unpaired) electrons. The maximum atomic E-state index is 12.4. The van der Waals surface area contributed by atoms with Crippen LogP contribution in [0.1, 0.15) is 31.2 Å². The van der Waals surface area contributed by atoms with Crippen molar-refractivity contribution in [3.8, 4) is 5.75 Å². The number of rotatable bonds is 7. The van der Waals surface area contributed by atoms with E-state index in [-0.39, 0.29) is 24.9 Å². The minimum atomic E-state index is -4.35. The number of nitrogens with one attached hydrogen (secondary N) is 2. The summed E-state index contributed by atoms with van der Waals surface area (Å²) in [7, 11) is 0. The molecule has 1 aromatic rings. The molecular formula is C17H24ClF3N2O2. The number of alkyl halides is 3. The zero-order valence-electron chi connectivity index (χ0n) is 13.9. The van der Waals surface area contributed by atoms with Gasteiger partial charge in [0.05, 0.1) is 12.1 Å². The first-order chi connectivity index (χ1) is 11.4. The van der Waals surface area contributed by atoms with Gasteiger partial charge in [-0.25, -0.2) is 0 Å². The third-order valence-electron chi connectivity index (χ3n) is 4.11. The molecule has 1 saturated heterocycles. The molecule has 0 aromatic heterocycles. The Hall–Kier alpha value is -1.47. The molecule has 0 saturated carbocycles. The van der Waals surface area contributed by atoms with E-state index in [4.69, 9.17) is 4.74 Å². The van der Waals surface area contributed by atoms with Gasteiger partial charge < -0.3 is 15.4 Å². The third-order valence-corrected chi connectivity index (χ3v) is 4.11. The van der Waals surface area contributed by atoms with Gasteiger partial charge in [-0.15, -0.1) is 12.4 Å². The fraction of sp³-hybridized carbons (Fsp3) is 0.588. The molecule has 1 aromatic carbocycles. The van der Waals surface area contributed by atoms with Crippen molar-refractivity contribution in [3.63, 3.8) is 0 Å². The topological polar surface area (TPSA) is 50.4 Å². The van der Waals surface area contributed by atoms with Crippen molar-refractivity contribution < 1.29 is 22.7 Å². The lowest BCUT2D eigenvalue weighted by Gasteiger charge is -2.22. The lowest BCUT2D eigenvalue weighted by atomic mass is 9.93. The normalized spacial score (nSPS) is 15.3. The van der Waals surface area contributed by atoms with Gasteiger partial charge in [-0.3, -0.25) is 4.79 Å². The summed E-state index contributed by atoms with van der Waals surface area (Å²) in [5.41, 5.74) is -0.707. The average molecular weight is 381 g/mol. The molecule has 0 unspecified atom stereocenters. The summed E-state index contributed by atoms with van der Waals surface area (Å²) < 4.78 is 42.6. The highest BCUT2D eigenvalue weighted by Crippen LogP contribution is 2.30. The van der Waals surface area contributed by atoms with Gasteiger partial charge in [0.2, 0.25) is 5.91 Å². The van der Waals surface area contributed by atoms with Crippen molar-refractivity contribution >= 4 is 18.3 Å². The van der Waals surface area contributed by atoms with Crippen LogP contribution in [0.4, 0.5) is 13.2 Å². The van der Waals surface area contributed by atoms with Crippen LogP contribution in [0.5, 0.6) is 5.75 Å². The van der Waals surface area contributed by atoms with Crippen LogP contribution in [-0.2, 0) is 11.0 Å². The van der Waals surface area contributed by atoms with Crippen LogP contribution in [0.3, 0.4) is 0 Å². The van der Waals surface area contributed by atoms with Gasteiger partial charge in [-0.05, 0) is 62.5 Å². The Labute approximate surface area is 151 Å². The van der Waals surface area contributed by atoms with E-state index in [1.54, 1.807) is 0 Å². The molecule has 2 rings (SSSR count). The van der Waals surface area contributed by atoms with Gasteiger partial charge in [0.25, 0.3) is 0 Å². The summed E-state index contributed by atoms with van der Waals surface area (Å²) in [5, 5.41) is 6.06. The van der Waals surface area contributed by atoms with Crippen molar-refractivity contribution in [2.24, 2.45) is 5.92 Å². The summed E-state index contributed by atoms with van der Waals surface area (Å²) in [6.07, 6.45) is -0.715. The maximum absolute atomic E-state index is 12.4. The van der Waals surface area contributed by atoms with Crippen LogP contribution in [-0.4, -0.2) is 32.1 Å². The second-order valence-corrected chi connectivity index (χ2v) is 5.95. The fourth-order valence-electron chi connectivity index (χ4n) is 2.69. The molecule has 0 atom stereocenters. The second-order valence-electron chi connectivity index (χ2n) is 5.95. The number of carbonyl (C=O) groups is 1. The zero-order valence-corrected chi connectivity index (χ0v) is 14.7. The van der Waals surface area contributed by atoms with Crippen molar-refractivity contribution in [2.75, 3.05) is 26.2 Å². The summed E-state index contributed by atoms with van der Waals surface area (Å²) in [4.78, 5) is 11.7. The molecule has 142 valence electrons. The predicted molar refractivity (Wildman–Crippen MR) is 92.0 cm³/mol. The van der Waals surface area contributed by atoms with Crippen molar-refractivity contribution in [3.05, 3.63) is 29.8 Å². The summed E-state index contributed by atoms with van der Waals surface area (Å²) >= 11 is 0. The Morgan fingerprint density at radius 2 is 1.84 bits per heavy atom. The number of benzene rings is 1. The van der Waals surface area contributed by atoms with Crippen molar-refractivity contribution in [1.82, 2.24) is 10.6 Å². The molecule has 0 aliphatic carbocycles. The van der Waals surface area contributed by atoms with Gasteiger partial charge >= 0.3 is 6.18 Å². The van der Waals surface area contributed by atoms with Crippen LogP contribution in [0.15, 0.2) is 24.3 Å². The first-order valence-corrected chi connectivity index (χ1v) is 8.22. The molecule has 1 heterocycles. The Bertz CT molecular complexity index is 518. The first-order valence-electron chi connectivity index (χ1n) is 8.22. The molecular weight excluding hydrogens is 357 g/mol. The van der Waals surface area contributed by atoms with Gasteiger partial charge in [-0.1, -0.05) is 0 Å². The molecule has 25 heavy (non-hydrogen) atoms. The van der Waals surface area contributed by atoms with E-state index >= 15 is 0 Å². The largest absolute Gasteiger partial charge is 0.492 e. The predicted octanol–water partition coefficient (Wildman–Crippen LogP) is 3.40. The highest BCUT2D eigenvalue weighted by atomic mass is 35.5. The van der Waals surface area contributed by atoms with Crippen molar-refractivity contribution in [1.29, 1.82) is 0 Å². The van der Waals surface area contributed by atoms with E-state index in [9.17, 15) is 18.0 Å². The number of carbonyl (C=O) groups excluding carboxylic acids is 1. The van der Waals surface area contributed by atoms with Crippen LogP contribution in [0.25, 0.3) is 0 Å². The number of amides is 1. The fourth-order valence-corrected chi connectivity index (χ4v) is 2.69. The Kier molecular flexibility index (Phi) is 9.06. The number of hydrogen-bond acceptors (Lipinski definition) is 3. The monoisotopic (exact) mass is 380 g/mol. The minimum Gasteiger partial charge on any atom is -0.492 e. The van der Waals surface area contributed by atoms with Crippen molar-refractivity contribution in [2.45, 2.75) is 31.9 Å². The maximum Gasteiger partial charge on any atom is 0.416 e. The highest BCUT2D eigenvalue weighted by Gasteiger charge is 2.29. The first kappa shape index (κ1) is 21.6. The molecule has 1 aliphatic heterocycles. The summed E-state index contributed by atoms with van der Waals surface area (Å²) in [6, 6.07) is 4.52. The van der Waals surface area contributed by atoms with Crippen LogP contribution in [0, 0.1) is 5.92 Å². The zero-order chi connectivity index (χ0) is 17.4. The van der Waals surface area contributed by atoms with E-state index in [1.165, 1.54) is 12.1 Å². The molecule has 4 nitrogen and oxygen atoms in total. The van der Waals surface area contributed by atoms with Gasteiger partial charge in [0.1, 0.15) is 12.4 Å². The summed E-state index contributed by atoms with van der Waals surface area (Å²) in [6.45, 7) is 2.61. The highest BCUT2D eigenvalue weighted by molar-refractivity contribution is 5.85. The molecule has 0 bridgehead atoms. The summed E-state index contributed by atoms with van der Waals surface area (Å²) in [5.74, 6) is 0.955. The quantitative estimate of drug-likeness (QED) is 0.713. The van der Waals surface area contributed by atoms with Gasteiger partial charge in [0.15, 0.2) is 0 Å². The third kappa shape index (κ3) is 7.96. The Balaban J connectivity index is 0.00000312. The lowest BCUT2D eigenvalue weighted by molar-refractivity contribution is -0.137. The minimum absolute atomic E-state index is 0. The van der Waals surface area contributed by atoms with E-state index in [1.807, 2.05) is 0 Å². The number of ether oxygens (including phenoxy) is 1. The van der Waals surface area contributed by atoms with E-state index in [0.717, 1.165) is 44.5 Å². The number of halogens is 4. The Morgan fingerprint density at radius 3 is 2.44 bits per heavy atom. The molecule has 2 N–H and O–H groups in total. The second kappa shape index (κ2) is 10.5. The Morgan fingerprint density at radius 1 is 1.20 bits per heavy atom. The smallest absolute Gasteiger partial charge is 0.416 e. The number of piperidine rings is 1. The standard InChI is InChI=1S/C17H23F3N2O2.ClH/c18-17(19,20)14-2-4-15(5-3-14)24-12-11-22-16(23)6-1-13-7-9-21-10-8-13;/h2-5,13,21H,1,6-12H2,(H,22,23);1H. The van der Waals surface area contributed by atoms with Gasteiger partial charge in [0, 0.05) is 6.42 Å².